The SMILES string of the molecule is CC1(C)Cc2cccc(OCC(=O)NCC3CCN(C(=O)c4ccccc4F)CC3)c2O1. The zero-order chi connectivity index (χ0) is 22.7. The van der Waals surface area contributed by atoms with Gasteiger partial charge in [0.1, 0.15) is 11.4 Å². The molecule has 2 heterocycles. The minimum absolute atomic E-state index is 0.0785. The zero-order valence-electron chi connectivity index (χ0n) is 18.5. The van der Waals surface area contributed by atoms with E-state index in [9.17, 15) is 14.0 Å². The predicted octanol–water partition coefficient (Wildman–Crippen LogP) is 3.59. The van der Waals surface area contributed by atoms with Gasteiger partial charge in [0.15, 0.2) is 18.1 Å². The molecule has 0 atom stereocenters. The van der Waals surface area contributed by atoms with Crippen molar-refractivity contribution in [1.29, 1.82) is 0 Å². The highest BCUT2D eigenvalue weighted by Crippen LogP contribution is 2.41. The molecule has 0 radical (unpaired) electrons. The molecule has 0 saturated carbocycles. The van der Waals surface area contributed by atoms with Gasteiger partial charge in [0.2, 0.25) is 0 Å². The van der Waals surface area contributed by atoms with Gasteiger partial charge in [-0.25, -0.2) is 4.39 Å². The molecule has 2 aromatic carbocycles. The number of amides is 2. The lowest BCUT2D eigenvalue weighted by Gasteiger charge is -2.32. The van der Waals surface area contributed by atoms with Crippen LogP contribution < -0.4 is 14.8 Å². The first-order valence-corrected chi connectivity index (χ1v) is 11.1. The van der Waals surface area contributed by atoms with Crippen molar-refractivity contribution in [2.75, 3.05) is 26.2 Å². The van der Waals surface area contributed by atoms with E-state index in [1.807, 2.05) is 32.0 Å². The van der Waals surface area contributed by atoms with E-state index in [2.05, 4.69) is 5.32 Å². The number of carbonyl (C=O) groups excluding carboxylic acids is 2. The Bertz CT molecular complexity index is 999. The average Bonchev–Trinajstić information content (AvgIpc) is 3.11. The second-order valence-corrected chi connectivity index (χ2v) is 9.09. The summed E-state index contributed by atoms with van der Waals surface area (Å²) in [6, 6.07) is 11.8. The molecule has 1 saturated heterocycles. The molecule has 1 N–H and O–H groups in total. The summed E-state index contributed by atoms with van der Waals surface area (Å²) in [6.07, 6.45) is 2.33. The van der Waals surface area contributed by atoms with Gasteiger partial charge in [-0.2, -0.15) is 0 Å². The Kier molecular flexibility index (Phi) is 6.35. The topological polar surface area (TPSA) is 67.9 Å². The highest BCUT2D eigenvalue weighted by molar-refractivity contribution is 5.94. The summed E-state index contributed by atoms with van der Waals surface area (Å²) < 4.78 is 25.6. The third-order valence-corrected chi connectivity index (χ3v) is 6.01. The number of hydrogen-bond acceptors (Lipinski definition) is 4. The Morgan fingerprint density at radius 1 is 1.16 bits per heavy atom. The number of ether oxygens (including phenoxy) is 2. The second kappa shape index (κ2) is 9.18. The van der Waals surface area contributed by atoms with Crippen LogP contribution in [0.2, 0.25) is 0 Å². The molecule has 0 aromatic heterocycles. The van der Waals surface area contributed by atoms with Gasteiger partial charge in [0.05, 0.1) is 5.56 Å². The first kappa shape index (κ1) is 22.1. The maximum Gasteiger partial charge on any atom is 0.257 e. The number of likely N-dealkylation sites (tertiary alicyclic amines) is 1. The molecule has 170 valence electrons. The quantitative estimate of drug-likeness (QED) is 0.746. The summed E-state index contributed by atoms with van der Waals surface area (Å²) in [7, 11) is 0. The first-order valence-electron chi connectivity index (χ1n) is 11.1. The molecule has 32 heavy (non-hydrogen) atoms. The molecule has 2 aliphatic heterocycles. The summed E-state index contributed by atoms with van der Waals surface area (Å²) in [5.74, 6) is 0.614. The highest BCUT2D eigenvalue weighted by Gasteiger charge is 2.32. The number of rotatable bonds is 6. The summed E-state index contributed by atoms with van der Waals surface area (Å²) in [5, 5.41) is 2.92. The lowest BCUT2D eigenvalue weighted by molar-refractivity contribution is -0.123. The van der Waals surface area contributed by atoms with Crippen LogP contribution in [0.15, 0.2) is 42.5 Å². The molecule has 2 amide bonds. The molecule has 2 aliphatic rings. The van der Waals surface area contributed by atoms with Crippen LogP contribution >= 0.6 is 0 Å². The monoisotopic (exact) mass is 440 g/mol. The van der Waals surface area contributed by atoms with E-state index in [0.717, 1.165) is 30.6 Å². The van der Waals surface area contributed by atoms with Gasteiger partial charge in [-0.1, -0.05) is 24.3 Å². The highest BCUT2D eigenvalue weighted by atomic mass is 19.1. The van der Waals surface area contributed by atoms with E-state index in [1.165, 1.54) is 12.1 Å². The normalized spacial score (nSPS) is 17.4. The Morgan fingerprint density at radius 2 is 1.91 bits per heavy atom. The molecule has 4 rings (SSSR count). The Hall–Kier alpha value is -3.09. The zero-order valence-corrected chi connectivity index (χ0v) is 18.5. The molecule has 0 unspecified atom stereocenters. The van der Waals surface area contributed by atoms with Crippen LogP contribution in [0.4, 0.5) is 4.39 Å². The minimum atomic E-state index is -0.495. The van der Waals surface area contributed by atoms with Gasteiger partial charge in [-0.15, -0.1) is 0 Å². The van der Waals surface area contributed by atoms with Gasteiger partial charge in [0.25, 0.3) is 11.8 Å². The molecule has 0 spiro atoms. The summed E-state index contributed by atoms with van der Waals surface area (Å²) in [5.41, 5.74) is 0.924. The van der Waals surface area contributed by atoms with E-state index in [-0.39, 0.29) is 35.5 Å². The van der Waals surface area contributed by atoms with Crippen molar-refractivity contribution in [1.82, 2.24) is 10.2 Å². The maximum atomic E-state index is 13.9. The van der Waals surface area contributed by atoms with Crippen molar-refractivity contribution in [2.24, 2.45) is 5.92 Å². The van der Waals surface area contributed by atoms with E-state index >= 15 is 0 Å². The molecule has 0 aliphatic carbocycles. The summed E-state index contributed by atoms with van der Waals surface area (Å²) in [4.78, 5) is 26.5. The lowest BCUT2D eigenvalue weighted by Crippen LogP contribution is -2.42. The number of benzene rings is 2. The van der Waals surface area contributed by atoms with Crippen LogP contribution in [0.5, 0.6) is 11.5 Å². The van der Waals surface area contributed by atoms with Crippen molar-refractivity contribution in [2.45, 2.75) is 38.7 Å². The Morgan fingerprint density at radius 3 is 2.66 bits per heavy atom. The second-order valence-electron chi connectivity index (χ2n) is 9.09. The largest absolute Gasteiger partial charge is 0.483 e. The van der Waals surface area contributed by atoms with Gasteiger partial charge in [-0.3, -0.25) is 9.59 Å². The van der Waals surface area contributed by atoms with Gasteiger partial charge < -0.3 is 19.7 Å². The van der Waals surface area contributed by atoms with Crippen LogP contribution in [-0.2, 0) is 11.2 Å². The number of nitrogens with zero attached hydrogens (tertiary/aromatic N) is 1. The predicted molar refractivity (Wildman–Crippen MR) is 118 cm³/mol. The van der Waals surface area contributed by atoms with Crippen molar-refractivity contribution in [3.8, 4) is 11.5 Å². The smallest absolute Gasteiger partial charge is 0.257 e. The molecule has 0 bridgehead atoms. The molecule has 1 fully saturated rings. The van der Waals surface area contributed by atoms with Crippen LogP contribution in [0, 0.1) is 11.7 Å². The number of carbonyl (C=O) groups is 2. The van der Waals surface area contributed by atoms with Gasteiger partial charge >= 0.3 is 0 Å². The van der Waals surface area contributed by atoms with Crippen molar-refractivity contribution in [3.63, 3.8) is 0 Å². The maximum absolute atomic E-state index is 13.9. The fourth-order valence-electron chi connectivity index (χ4n) is 4.30. The number of nitrogens with one attached hydrogen (secondary N) is 1. The number of hydrogen-bond donors (Lipinski definition) is 1. The Labute approximate surface area is 187 Å². The molecular formula is C25H29FN2O4. The fourth-order valence-corrected chi connectivity index (χ4v) is 4.30. The average molecular weight is 441 g/mol. The Balaban J connectivity index is 1.21. The standard InChI is InChI=1S/C25H29FN2O4/c1-25(2)14-18-6-5-9-21(23(18)32-25)31-16-22(29)27-15-17-10-12-28(13-11-17)24(30)19-7-3-4-8-20(19)26/h3-9,17H,10-16H2,1-2H3,(H,27,29). The van der Waals surface area contributed by atoms with Gasteiger partial charge in [0, 0.05) is 31.6 Å². The number of piperidine rings is 1. The van der Waals surface area contributed by atoms with Gasteiger partial charge in [-0.05, 0) is 50.8 Å². The third kappa shape index (κ3) is 5.03. The summed E-state index contributed by atoms with van der Waals surface area (Å²) in [6.45, 7) is 5.60. The molecule has 6 nitrogen and oxygen atoms in total. The molecule has 2 aromatic rings. The minimum Gasteiger partial charge on any atom is -0.483 e. The van der Waals surface area contributed by atoms with E-state index in [4.69, 9.17) is 9.47 Å². The lowest BCUT2D eigenvalue weighted by atomic mass is 9.96. The third-order valence-electron chi connectivity index (χ3n) is 6.01. The summed E-state index contributed by atoms with van der Waals surface area (Å²) >= 11 is 0. The van der Waals surface area contributed by atoms with Crippen molar-refractivity contribution >= 4 is 11.8 Å². The number of halogens is 1. The molecular weight excluding hydrogens is 411 g/mol. The number of para-hydroxylation sites is 1. The van der Waals surface area contributed by atoms with Crippen LogP contribution in [0.3, 0.4) is 0 Å². The van der Waals surface area contributed by atoms with E-state index in [0.29, 0.717) is 25.4 Å². The van der Waals surface area contributed by atoms with Crippen molar-refractivity contribution < 1.29 is 23.5 Å². The first-order chi connectivity index (χ1) is 15.3. The molecule has 7 heteroatoms. The van der Waals surface area contributed by atoms with Crippen molar-refractivity contribution in [3.05, 3.63) is 59.4 Å². The van der Waals surface area contributed by atoms with E-state index < -0.39 is 5.82 Å². The van der Waals surface area contributed by atoms with Crippen LogP contribution in [0.1, 0.15) is 42.6 Å². The van der Waals surface area contributed by atoms with E-state index in [1.54, 1.807) is 17.0 Å². The van der Waals surface area contributed by atoms with Crippen LogP contribution in [0.25, 0.3) is 0 Å². The van der Waals surface area contributed by atoms with Crippen LogP contribution in [-0.4, -0.2) is 48.6 Å². The fraction of sp³-hybridized carbons (Fsp3) is 0.440. The number of fused-ring (bicyclic) bond motifs is 1.